The van der Waals surface area contributed by atoms with E-state index in [-0.39, 0.29) is 17.0 Å². The molecule has 2 atom stereocenters. The van der Waals surface area contributed by atoms with Crippen LogP contribution in [0.15, 0.2) is 18.2 Å². The Balaban J connectivity index is 2.01. The molecular formula is C13H16ClFN2O2. The maximum absolute atomic E-state index is 12.9. The minimum absolute atomic E-state index is 0.152. The highest BCUT2D eigenvalue weighted by Crippen LogP contribution is 2.24. The van der Waals surface area contributed by atoms with Crippen molar-refractivity contribution in [1.29, 1.82) is 0 Å². The van der Waals surface area contributed by atoms with Gasteiger partial charge in [0.2, 0.25) is 0 Å². The second-order valence-electron chi connectivity index (χ2n) is 4.83. The summed E-state index contributed by atoms with van der Waals surface area (Å²) in [6, 6.07) is 3.46. The molecule has 0 radical (unpaired) electrons. The van der Waals surface area contributed by atoms with E-state index in [1.54, 1.807) is 0 Å². The van der Waals surface area contributed by atoms with Gasteiger partial charge in [-0.3, -0.25) is 0 Å². The first-order valence-corrected chi connectivity index (χ1v) is 6.54. The second kappa shape index (κ2) is 5.75. The predicted octanol–water partition coefficient (Wildman–Crippen LogP) is 2.71. The lowest BCUT2D eigenvalue weighted by Crippen LogP contribution is -2.47. The van der Waals surface area contributed by atoms with Gasteiger partial charge in [-0.1, -0.05) is 18.5 Å². The third-order valence-electron chi connectivity index (χ3n) is 3.38. The number of hydrogen-bond donors (Lipinski definition) is 2. The lowest BCUT2D eigenvalue weighted by atomic mass is 9.96. The van der Waals surface area contributed by atoms with Crippen molar-refractivity contribution >= 4 is 23.3 Å². The van der Waals surface area contributed by atoms with Crippen molar-refractivity contribution in [3.05, 3.63) is 29.0 Å². The lowest BCUT2D eigenvalue weighted by Gasteiger charge is -2.34. The van der Waals surface area contributed by atoms with E-state index in [0.717, 1.165) is 12.5 Å². The van der Waals surface area contributed by atoms with Gasteiger partial charge in [-0.25, -0.2) is 9.18 Å². The number of amides is 2. The molecule has 2 N–H and O–H groups in total. The van der Waals surface area contributed by atoms with E-state index in [0.29, 0.717) is 18.8 Å². The van der Waals surface area contributed by atoms with Crippen LogP contribution in [0.5, 0.6) is 0 Å². The summed E-state index contributed by atoms with van der Waals surface area (Å²) in [7, 11) is 0. The molecule has 19 heavy (non-hydrogen) atoms. The molecule has 0 aromatic heterocycles. The first kappa shape index (κ1) is 14.1. The SMILES string of the molecule is CC1CCN(C(=O)Nc2ccc(F)cc2Cl)CC1O. The molecule has 104 valence electrons. The summed E-state index contributed by atoms with van der Waals surface area (Å²) in [4.78, 5) is 13.5. The van der Waals surface area contributed by atoms with Crippen LogP contribution in [0.25, 0.3) is 0 Å². The van der Waals surface area contributed by atoms with Gasteiger partial charge >= 0.3 is 6.03 Å². The van der Waals surface area contributed by atoms with Crippen LogP contribution < -0.4 is 5.32 Å². The number of carbonyl (C=O) groups excluding carboxylic acids is 1. The molecule has 1 saturated heterocycles. The molecular weight excluding hydrogens is 271 g/mol. The molecule has 0 spiro atoms. The van der Waals surface area contributed by atoms with Crippen molar-refractivity contribution in [3.63, 3.8) is 0 Å². The zero-order valence-corrected chi connectivity index (χ0v) is 11.3. The minimum Gasteiger partial charge on any atom is -0.391 e. The van der Waals surface area contributed by atoms with Gasteiger partial charge in [-0.15, -0.1) is 0 Å². The summed E-state index contributed by atoms with van der Waals surface area (Å²) < 4.78 is 12.9. The third kappa shape index (κ3) is 3.36. The number of β-amino-alcohol motifs (C(OH)–C–C–N with tert-alkyl or cyclic N) is 1. The van der Waals surface area contributed by atoms with Gasteiger partial charge in [-0.2, -0.15) is 0 Å². The van der Waals surface area contributed by atoms with Gasteiger partial charge in [-0.05, 0) is 30.5 Å². The number of halogens is 2. The van der Waals surface area contributed by atoms with E-state index >= 15 is 0 Å². The fourth-order valence-electron chi connectivity index (χ4n) is 2.02. The Labute approximate surface area is 116 Å². The Bertz CT molecular complexity index is 484. The third-order valence-corrected chi connectivity index (χ3v) is 3.69. The monoisotopic (exact) mass is 286 g/mol. The average Bonchev–Trinajstić information content (AvgIpc) is 2.36. The van der Waals surface area contributed by atoms with E-state index in [1.165, 1.54) is 17.0 Å². The first-order valence-electron chi connectivity index (χ1n) is 6.16. The van der Waals surface area contributed by atoms with Crippen LogP contribution in [0.4, 0.5) is 14.9 Å². The molecule has 2 unspecified atom stereocenters. The van der Waals surface area contributed by atoms with Crippen LogP contribution in [-0.2, 0) is 0 Å². The maximum atomic E-state index is 12.9. The standard InChI is InChI=1S/C13H16ClFN2O2/c1-8-4-5-17(7-12(8)18)13(19)16-11-3-2-9(15)6-10(11)14/h2-3,6,8,12,18H,4-5,7H2,1H3,(H,16,19). The maximum Gasteiger partial charge on any atom is 0.321 e. The number of piperidine rings is 1. The van der Waals surface area contributed by atoms with Gasteiger partial charge < -0.3 is 15.3 Å². The minimum atomic E-state index is -0.511. The van der Waals surface area contributed by atoms with Crippen molar-refractivity contribution in [2.75, 3.05) is 18.4 Å². The highest BCUT2D eigenvalue weighted by Gasteiger charge is 2.27. The van der Waals surface area contributed by atoms with Crippen molar-refractivity contribution in [3.8, 4) is 0 Å². The lowest BCUT2D eigenvalue weighted by molar-refractivity contribution is 0.0464. The van der Waals surface area contributed by atoms with Crippen LogP contribution in [0.3, 0.4) is 0 Å². The van der Waals surface area contributed by atoms with Gasteiger partial charge in [0.15, 0.2) is 0 Å². The zero-order valence-electron chi connectivity index (χ0n) is 10.6. The number of urea groups is 1. The average molecular weight is 287 g/mol. The number of aliphatic hydroxyl groups excluding tert-OH is 1. The summed E-state index contributed by atoms with van der Waals surface area (Å²) in [5.41, 5.74) is 0.362. The molecule has 2 rings (SSSR count). The summed E-state index contributed by atoms with van der Waals surface area (Å²) >= 11 is 5.84. The molecule has 0 bridgehead atoms. The molecule has 1 aliphatic rings. The molecule has 2 amide bonds. The van der Waals surface area contributed by atoms with Crippen LogP contribution in [0.1, 0.15) is 13.3 Å². The van der Waals surface area contributed by atoms with E-state index in [4.69, 9.17) is 11.6 Å². The molecule has 1 aliphatic heterocycles. The van der Waals surface area contributed by atoms with Crippen LogP contribution in [0, 0.1) is 11.7 Å². The fraction of sp³-hybridized carbons (Fsp3) is 0.462. The number of nitrogens with one attached hydrogen (secondary N) is 1. The number of benzene rings is 1. The predicted molar refractivity (Wildman–Crippen MR) is 71.8 cm³/mol. The summed E-state index contributed by atoms with van der Waals surface area (Å²) in [5.74, 6) is -0.260. The normalized spacial score (nSPS) is 23.3. The van der Waals surface area contributed by atoms with E-state index in [2.05, 4.69) is 5.32 Å². The number of carbonyl (C=O) groups is 1. The molecule has 0 saturated carbocycles. The first-order chi connectivity index (χ1) is 8.97. The summed E-state index contributed by atoms with van der Waals surface area (Å²) in [5, 5.41) is 12.5. The van der Waals surface area contributed by atoms with Crippen molar-refractivity contribution in [2.45, 2.75) is 19.4 Å². The molecule has 0 aliphatic carbocycles. The van der Waals surface area contributed by atoms with Gasteiger partial charge in [0.25, 0.3) is 0 Å². The number of rotatable bonds is 1. The highest BCUT2D eigenvalue weighted by molar-refractivity contribution is 6.33. The molecule has 4 nitrogen and oxygen atoms in total. The quantitative estimate of drug-likeness (QED) is 0.834. The van der Waals surface area contributed by atoms with Crippen molar-refractivity contribution in [1.82, 2.24) is 4.90 Å². The Hall–Kier alpha value is -1.33. The van der Waals surface area contributed by atoms with E-state index in [9.17, 15) is 14.3 Å². The molecule has 6 heteroatoms. The molecule has 1 heterocycles. The molecule has 1 aromatic carbocycles. The second-order valence-corrected chi connectivity index (χ2v) is 5.24. The van der Waals surface area contributed by atoms with Crippen LogP contribution >= 0.6 is 11.6 Å². The number of hydrogen-bond acceptors (Lipinski definition) is 2. The van der Waals surface area contributed by atoms with Crippen LogP contribution in [-0.4, -0.2) is 35.2 Å². The summed E-state index contributed by atoms with van der Waals surface area (Å²) in [6.07, 6.45) is 0.245. The van der Waals surface area contributed by atoms with E-state index in [1.807, 2.05) is 6.92 Å². The van der Waals surface area contributed by atoms with Gasteiger partial charge in [0, 0.05) is 13.1 Å². The van der Waals surface area contributed by atoms with E-state index < -0.39 is 11.9 Å². The van der Waals surface area contributed by atoms with Crippen molar-refractivity contribution < 1.29 is 14.3 Å². The summed E-state index contributed by atoms with van der Waals surface area (Å²) in [6.45, 7) is 2.84. The zero-order chi connectivity index (χ0) is 14.0. The Kier molecular flexibility index (Phi) is 4.27. The largest absolute Gasteiger partial charge is 0.391 e. The van der Waals surface area contributed by atoms with Crippen LogP contribution in [0.2, 0.25) is 5.02 Å². The topological polar surface area (TPSA) is 52.6 Å². The van der Waals surface area contributed by atoms with Gasteiger partial charge in [0.05, 0.1) is 16.8 Å². The Morgan fingerprint density at radius 3 is 2.95 bits per heavy atom. The van der Waals surface area contributed by atoms with Gasteiger partial charge in [0.1, 0.15) is 5.82 Å². The highest BCUT2D eigenvalue weighted by atomic mass is 35.5. The number of likely N-dealkylation sites (tertiary alicyclic amines) is 1. The number of anilines is 1. The molecule has 1 aromatic rings. The molecule has 1 fully saturated rings. The Morgan fingerprint density at radius 2 is 2.32 bits per heavy atom. The smallest absolute Gasteiger partial charge is 0.321 e. The van der Waals surface area contributed by atoms with Crippen molar-refractivity contribution in [2.24, 2.45) is 5.92 Å². The fourth-order valence-corrected chi connectivity index (χ4v) is 2.23. The number of nitrogens with zero attached hydrogens (tertiary/aromatic N) is 1. The Morgan fingerprint density at radius 1 is 1.58 bits per heavy atom. The number of aliphatic hydroxyl groups is 1.